The van der Waals surface area contributed by atoms with Gasteiger partial charge in [0.05, 0.1) is 16.8 Å². The van der Waals surface area contributed by atoms with E-state index in [-0.39, 0.29) is 10.9 Å². The molecule has 25 heavy (non-hydrogen) atoms. The Labute approximate surface area is 142 Å². The molecule has 0 aliphatic heterocycles. The quantitative estimate of drug-likeness (QED) is 0.617. The highest BCUT2D eigenvalue weighted by atomic mass is 19.1. The Kier molecular flexibility index (Phi) is 3.50. The van der Waals surface area contributed by atoms with Gasteiger partial charge in [-0.15, -0.1) is 0 Å². The van der Waals surface area contributed by atoms with Gasteiger partial charge in [-0.1, -0.05) is 30.3 Å². The summed E-state index contributed by atoms with van der Waals surface area (Å²) in [6.45, 7) is 0. The van der Waals surface area contributed by atoms with Crippen molar-refractivity contribution in [3.05, 3.63) is 78.4 Å². The first-order chi connectivity index (χ1) is 12.1. The lowest BCUT2D eigenvalue weighted by atomic mass is 10.0. The third kappa shape index (κ3) is 2.53. The number of hydrogen-bond donors (Lipinski definition) is 1. The Balaban J connectivity index is 2.19. The highest BCUT2D eigenvalue weighted by Gasteiger charge is 2.23. The zero-order valence-corrected chi connectivity index (χ0v) is 12.9. The number of carboxylic acid groups (broad SMARTS) is 1. The Hall–Kier alpha value is -3.54. The first kappa shape index (κ1) is 15.0. The molecule has 4 rings (SSSR count). The molecule has 4 aromatic rings. The summed E-state index contributed by atoms with van der Waals surface area (Å²) in [5.74, 6) is -1.68. The van der Waals surface area contributed by atoms with Crippen molar-refractivity contribution in [2.75, 3.05) is 0 Å². The first-order valence-electron chi connectivity index (χ1n) is 7.57. The molecule has 0 radical (unpaired) electrons. The van der Waals surface area contributed by atoms with Crippen LogP contribution in [0, 0.1) is 5.82 Å². The van der Waals surface area contributed by atoms with Crippen LogP contribution >= 0.6 is 0 Å². The minimum absolute atomic E-state index is 0.0351. The van der Waals surface area contributed by atoms with Gasteiger partial charge in [-0.2, -0.15) is 5.10 Å². The van der Waals surface area contributed by atoms with E-state index in [1.807, 2.05) is 30.3 Å². The molecule has 0 amide bonds. The third-order valence-corrected chi connectivity index (χ3v) is 3.92. The molecule has 5 nitrogen and oxygen atoms in total. The number of pyridine rings is 1. The largest absolute Gasteiger partial charge is 0.478 e. The van der Waals surface area contributed by atoms with Crippen LogP contribution in [0.25, 0.3) is 27.8 Å². The van der Waals surface area contributed by atoms with Gasteiger partial charge in [0, 0.05) is 23.3 Å². The van der Waals surface area contributed by atoms with E-state index in [1.165, 1.54) is 22.9 Å². The van der Waals surface area contributed by atoms with Crippen LogP contribution in [0.4, 0.5) is 4.39 Å². The highest BCUT2D eigenvalue weighted by molar-refractivity contribution is 6.08. The maximum atomic E-state index is 13.7. The van der Waals surface area contributed by atoms with E-state index < -0.39 is 11.8 Å². The van der Waals surface area contributed by atoms with Crippen molar-refractivity contribution in [2.45, 2.75) is 0 Å². The Bertz CT molecular complexity index is 1080. The van der Waals surface area contributed by atoms with Crippen molar-refractivity contribution in [3.8, 4) is 16.9 Å². The molecule has 0 bridgehead atoms. The van der Waals surface area contributed by atoms with E-state index >= 15 is 0 Å². The smallest absolute Gasteiger partial charge is 0.338 e. The third-order valence-electron chi connectivity index (χ3n) is 3.92. The molecular weight excluding hydrogens is 321 g/mol. The van der Waals surface area contributed by atoms with E-state index in [0.29, 0.717) is 16.9 Å². The molecule has 6 heteroatoms. The van der Waals surface area contributed by atoms with Gasteiger partial charge in [0.1, 0.15) is 11.5 Å². The van der Waals surface area contributed by atoms with E-state index in [2.05, 4.69) is 10.1 Å². The lowest BCUT2D eigenvalue weighted by molar-refractivity contribution is 0.0699. The van der Waals surface area contributed by atoms with Crippen molar-refractivity contribution < 1.29 is 14.3 Å². The van der Waals surface area contributed by atoms with E-state index in [1.54, 1.807) is 18.5 Å². The van der Waals surface area contributed by atoms with Crippen LogP contribution < -0.4 is 0 Å². The number of carboxylic acids is 1. The second kappa shape index (κ2) is 5.83. The number of nitrogens with zero attached hydrogens (tertiary/aromatic N) is 3. The molecule has 2 aromatic carbocycles. The summed E-state index contributed by atoms with van der Waals surface area (Å²) in [5, 5.41) is 14.2. The molecule has 0 saturated heterocycles. The van der Waals surface area contributed by atoms with Crippen molar-refractivity contribution in [3.63, 3.8) is 0 Å². The maximum absolute atomic E-state index is 13.7. The van der Waals surface area contributed by atoms with Crippen molar-refractivity contribution in [1.29, 1.82) is 0 Å². The molecule has 0 spiro atoms. The highest BCUT2D eigenvalue weighted by Crippen LogP contribution is 2.33. The van der Waals surface area contributed by atoms with Gasteiger partial charge >= 0.3 is 5.97 Å². The molecule has 0 aliphatic rings. The SMILES string of the molecule is O=C(O)c1c(-n2cccn2)c(-c2ccccc2)nc2ccc(F)cc12. The molecule has 1 N–H and O–H groups in total. The number of benzene rings is 2. The minimum Gasteiger partial charge on any atom is -0.478 e. The van der Waals surface area contributed by atoms with Gasteiger partial charge < -0.3 is 5.11 Å². The predicted molar refractivity (Wildman–Crippen MR) is 91.2 cm³/mol. The maximum Gasteiger partial charge on any atom is 0.338 e. The topological polar surface area (TPSA) is 68.0 Å². The Morgan fingerprint density at radius 1 is 1.08 bits per heavy atom. The summed E-state index contributed by atoms with van der Waals surface area (Å²) >= 11 is 0. The normalized spacial score (nSPS) is 10.9. The summed E-state index contributed by atoms with van der Waals surface area (Å²) in [6.07, 6.45) is 3.19. The van der Waals surface area contributed by atoms with Crippen molar-refractivity contribution in [1.82, 2.24) is 14.8 Å². The lowest BCUT2D eigenvalue weighted by Gasteiger charge is -2.15. The van der Waals surface area contributed by atoms with E-state index in [0.717, 1.165) is 5.56 Å². The van der Waals surface area contributed by atoms with Gasteiger partial charge in [0.15, 0.2) is 0 Å². The fraction of sp³-hybridized carbons (Fsp3) is 0. The van der Waals surface area contributed by atoms with Crippen LogP contribution in [0.15, 0.2) is 67.0 Å². The van der Waals surface area contributed by atoms with Crippen LogP contribution in [0.3, 0.4) is 0 Å². The fourth-order valence-electron chi connectivity index (χ4n) is 2.86. The summed E-state index contributed by atoms with van der Waals surface area (Å²) in [4.78, 5) is 16.6. The van der Waals surface area contributed by atoms with Gasteiger partial charge in [-0.25, -0.2) is 18.9 Å². The predicted octanol–water partition coefficient (Wildman–Crippen LogP) is 3.92. The summed E-state index contributed by atoms with van der Waals surface area (Å²) < 4.78 is 15.2. The summed E-state index contributed by atoms with van der Waals surface area (Å²) in [6, 6.07) is 14.9. The summed E-state index contributed by atoms with van der Waals surface area (Å²) in [7, 11) is 0. The number of carbonyl (C=O) groups is 1. The number of halogens is 1. The molecule has 0 aliphatic carbocycles. The van der Waals surface area contributed by atoms with Crippen LogP contribution in [0.1, 0.15) is 10.4 Å². The Morgan fingerprint density at radius 3 is 2.56 bits per heavy atom. The monoisotopic (exact) mass is 333 g/mol. The lowest BCUT2D eigenvalue weighted by Crippen LogP contribution is -2.10. The molecular formula is C19H12FN3O2. The number of rotatable bonds is 3. The van der Waals surface area contributed by atoms with Crippen molar-refractivity contribution in [2.24, 2.45) is 0 Å². The van der Waals surface area contributed by atoms with Gasteiger partial charge in [0.2, 0.25) is 0 Å². The number of aromatic nitrogens is 3. The average Bonchev–Trinajstić information content (AvgIpc) is 3.15. The molecule has 2 aromatic heterocycles. The number of fused-ring (bicyclic) bond motifs is 1. The van der Waals surface area contributed by atoms with Crippen LogP contribution in [0.2, 0.25) is 0 Å². The average molecular weight is 333 g/mol. The van der Waals surface area contributed by atoms with Gasteiger partial charge in [-0.05, 0) is 24.3 Å². The first-order valence-corrected chi connectivity index (χ1v) is 7.57. The van der Waals surface area contributed by atoms with Crippen molar-refractivity contribution >= 4 is 16.9 Å². The zero-order valence-electron chi connectivity index (χ0n) is 12.9. The van der Waals surface area contributed by atoms with Crippen LogP contribution in [-0.2, 0) is 0 Å². The van der Waals surface area contributed by atoms with Gasteiger partial charge in [0.25, 0.3) is 0 Å². The fourth-order valence-corrected chi connectivity index (χ4v) is 2.86. The second-order valence-corrected chi connectivity index (χ2v) is 5.47. The molecule has 0 fully saturated rings. The van der Waals surface area contributed by atoms with Gasteiger partial charge in [-0.3, -0.25) is 0 Å². The molecule has 0 saturated carbocycles. The second-order valence-electron chi connectivity index (χ2n) is 5.47. The zero-order chi connectivity index (χ0) is 17.4. The van der Waals surface area contributed by atoms with E-state index in [4.69, 9.17) is 0 Å². The van der Waals surface area contributed by atoms with Crippen LogP contribution in [-0.4, -0.2) is 25.8 Å². The van der Waals surface area contributed by atoms with E-state index in [9.17, 15) is 14.3 Å². The molecule has 122 valence electrons. The molecule has 0 unspecified atom stereocenters. The standard InChI is InChI=1S/C19H12FN3O2/c20-13-7-8-15-14(11-13)16(19(24)25)18(23-10-4-9-21-23)17(22-15)12-5-2-1-3-6-12/h1-11H,(H,24,25). The number of hydrogen-bond acceptors (Lipinski definition) is 3. The summed E-state index contributed by atoms with van der Waals surface area (Å²) in [5.41, 5.74) is 1.91. The molecule has 2 heterocycles. The molecule has 0 atom stereocenters. The van der Waals surface area contributed by atoms with Crippen LogP contribution in [0.5, 0.6) is 0 Å². The minimum atomic E-state index is -1.17. The Morgan fingerprint density at radius 2 is 1.88 bits per heavy atom. The number of aromatic carboxylic acids is 1.